The SMILES string of the molecule is Nc1cnc(C(N)CCC(=O)O)c(N)c1. The molecule has 1 heterocycles. The molecule has 0 amide bonds. The number of anilines is 2. The van der Waals surface area contributed by atoms with Gasteiger partial charge in [-0.3, -0.25) is 9.78 Å². The number of carboxylic acids is 1. The van der Waals surface area contributed by atoms with Gasteiger partial charge in [-0.1, -0.05) is 0 Å². The molecule has 7 N–H and O–H groups in total. The Bertz CT molecular complexity index is 367. The minimum absolute atomic E-state index is 0.00728. The van der Waals surface area contributed by atoms with Gasteiger partial charge in [-0.2, -0.15) is 0 Å². The zero-order valence-electron chi connectivity index (χ0n) is 8.18. The van der Waals surface area contributed by atoms with E-state index in [1.54, 1.807) is 6.07 Å². The number of aliphatic carboxylic acids is 1. The number of carbonyl (C=O) groups is 1. The quantitative estimate of drug-likeness (QED) is 0.558. The molecule has 6 heteroatoms. The summed E-state index contributed by atoms with van der Waals surface area (Å²) in [4.78, 5) is 14.3. The summed E-state index contributed by atoms with van der Waals surface area (Å²) in [5.41, 5.74) is 18.2. The highest BCUT2D eigenvalue weighted by Gasteiger charge is 2.12. The van der Waals surface area contributed by atoms with Crippen LogP contribution in [0.4, 0.5) is 11.4 Å². The smallest absolute Gasteiger partial charge is 0.303 e. The van der Waals surface area contributed by atoms with E-state index in [1.165, 1.54) is 6.20 Å². The summed E-state index contributed by atoms with van der Waals surface area (Å²) in [7, 11) is 0. The molecule has 82 valence electrons. The van der Waals surface area contributed by atoms with Crippen LogP contribution in [0.25, 0.3) is 0 Å². The number of nitrogens with zero attached hydrogens (tertiary/aromatic N) is 1. The molecule has 1 aromatic rings. The monoisotopic (exact) mass is 210 g/mol. The van der Waals surface area contributed by atoms with E-state index >= 15 is 0 Å². The van der Waals surface area contributed by atoms with Crippen molar-refractivity contribution in [3.8, 4) is 0 Å². The highest BCUT2D eigenvalue weighted by atomic mass is 16.4. The molecule has 0 radical (unpaired) electrons. The van der Waals surface area contributed by atoms with Gasteiger partial charge in [-0.05, 0) is 12.5 Å². The predicted octanol–water partition coefficient (Wildman–Crippen LogP) is 0.111. The summed E-state index contributed by atoms with van der Waals surface area (Å²) in [5, 5.41) is 8.50. The highest BCUT2D eigenvalue weighted by Crippen LogP contribution is 2.21. The van der Waals surface area contributed by atoms with E-state index in [1.807, 2.05) is 0 Å². The Balaban J connectivity index is 2.73. The molecule has 0 bridgehead atoms. The van der Waals surface area contributed by atoms with E-state index in [0.29, 0.717) is 23.5 Å². The van der Waals surface area contributed by atoms with Gasteiger partial charge < -0.3 is 22.3 Å². The molecule has 1 unspecified atom stereocenters. The molecule has 0 aliphatic heterocycles. The van der Waals surface area contributed by atoms with Crippen LogP contribution >= 0.6 is 0 Å². The number of hydrogen-bond acceptors (Lipinski definition) is 5. The van der Waals surface area contributed by atoms with Crippen LogP contribution in [0.3, 0.4) is 0 Å². The van der Waals surface area contributed by atoms with Gasteiger partial charge in [0.05, 0.1) is 23.3 Å². The lowest BCUT2D eigenvalue weighted by Crippen LogP contribution is -2.16. The van der Waals surface area contributed by atoms with Crippen LogP contribution in [0.2, 0.25) is 0 Å². The first-order chi connectivity index (χ1) is 7.00. The molecule has 0 aromatic carbocycles. The summed E-state index contributed by atoms with van der Waals surface area (Å²) < 4.78 is 0. The van der Waals surface area contributed by atoms with Gasteiger partial charge in [0.15, 0.2) is 0 Å². The van der Waals surface area contributed by atoms with Crippen molar-refractivity contribution in [2.24, 2.45) is 5.73 Å². The Morgan fingerprint density at radius 2 is 2.20 bits per heavy atom. The topological polar surface area (TPSA) is 128 Å². The normalized spacial score (nSPS) is 12.3. The Kier molecular flexibility index (Phi) is 3.46. The number of rotatable bonds is 4. The van der Waals surface area contributed by atoms with E-state index < -0.39 is 12.0 Å². The fourth-order valence-corrected chi connectivity index (χ4v) is 1.23. The minimum atomic E-state index is -0.889. The van der Waals surface area contributed by atoms with Crippen molar-refractivity contribution in [2.45, 2.75) is 18.9 Å². The van der Waals surface area contributed by atoms with E-state index in [4.69, 9.17) is 22.3 Å². The second-order valence-electron chi connectivity index (χ2n) is 3.28. The van der Waals surface area contributed by atoms with E-state index in [0.717, 1.165) is 0 Å². The summed E-state index contributed by atoms with van der Waals surface area (Å²) in [6.45, 7) is 0. The van der Waals surface area contributed by atoms with E-state index in [-0.39, 0.29) is 6.42 Å². The number of aromatic nitrogens is 1. The van der Waals surface area contributed by atoms with Crippen LogP contribution in [0.15, 0.2) is 12.3 Å². The minimum Gasteiger partial charge on any atom is -0.481 e. The molecule has 1 atom stereocenters. The predicted molar refractivity (Wildman–Crippen MR) is 56.9 cm³/mol. The van der Waals surface area contributed by atoms with Gasteiger partial charge in [0.25, 0.3) is 0 Å². The number of nitrogens with two attached hydrogens (primary N) is 3. The fourth-order valence-electron chi connectivity index (χ4n) is 1.23. The van der Waals surface area contributed by atoms with Crippen LogP contribution in [0.5, 0.6) is 0 Å². The van der Waals surface area contributed by atoms with Crippen molar-refractivity contribution < 1.29 is 9.90 Å². The second-order valence-corrected chi connectivity index (χ2v) is 3.28. The standard InChI is InChI=1S/C9H14N4O2/c10-5-3-7(12)9(13-4-5)6(11)1-2-8(14)15/h3-4,6H,1-2,10-12H2,(H,14,15). The van der Waals surface area contributed by atoms with Crippen molar-refractivity contribution in [1.82, 2.24) is 4.98 Å². The van der Waals surface area contributed by atoms with Crippen LogP contribution in [-0.4, -0.2) is 16.1 Å². The molecule has 1 rings (SSSR count). The zero-order chi connectivity index (χ0) is 11.4. The number of carboxylic acid groups (broad SMARTS) is 1. The summed E-state index contributed by atoms with van der Waals surface area (Å²) in [5.74, 6) is -0.889. The molecule has 6 nitrogen and oxygen atoms in total. The molecule has 0 fully saturated rings. The third-order valence-electron chi connectivity index (χ3n) is 1.99. The fraction of sp³-hybridized carbons (Fsp3) is 0.333. The Hall–Kier alpha value is -1.82. The molecular formula is C9H14N4O2. The maximum absolute atomic E-state index is 10.3. The molecule has 0 spiro atoms. The van der Waals surface area contributed by atoms with Gasteiger partial charge in [0, 0.05) is 12.5 Å². The van der Waals surface area contributed by atoms with Crippen molar-refractivity contribution in [1.29, 1.82) is 0 Å². The van der Waals surface area contributed by atoms with Crippen molar-refractivity contribution in [3.63, 3.8) is 0 Å². The third kappa shape index (κ3) is 3.10. The molecule has 0 saturated carbocycles. The lowest BCUT2D eigenvalue weighted by molar-refractivity contribution is -0.137. The first-order valence-electron chi connectivity index (χ1n) is 4.49. The van der Waals surface area contributed by atoms with Crippen molar-refractivity contribution >= 4 is 17.3 Å². The molecule has 0 aliphatic rings. The van der Waals surface area contributed by atoms with Crippen LogP contribution in [0, 0.1) is 0 Å². The summed E-state index contributed by atoms with van der Waals surface area (Å²) >= 11 is 0. The Morgan fingerprint density at radius 3 is 2.73 bits per heavy atom. The lowest BCUT2D eigenvalue weighted by atomic mass is 10.1. The van der Waals surface area contributed by atoms with Crippen LogP contribution in [-0.2, 0) is 4.79 Å². The zero-order valence-corrected chi connectivity index (χ0v) is 8.18. The number of nitrogen functional groups attached to an aromatic ring is 2. The molecular weight excluding hydrogens is 196 g/mol. The summed E-state index contributed by atoms with van der Waals surface area (Å²) in [6, 6.07) is 1.09. The van der Waals surface area contributed by atoms with Crippen LogP contribution in [0.1, 0.15) is 24.6 Å². The highest BCUT2D eigenvalue weighted by molar-refractivity contribution is 5.66. The lowest BCUT2D eigenvalue weighted by Gasteiger charge is -2.12. The first kappa shape index (κ1) is 11.3. The van der Waals surface area contributed by atoms with Gasteiger partial charge in [0.1, 0.15) is 0 Å². The van der Waals surface area contributed by atoms with Gasteiger partial charge in [-0.25, -0.2) is 0 Å². The third-order valence-corrected chi connectivity index (χ3v) is 1.99. The number of pyridine rings is 1. The first-order valence-corrected chi connectivity index (χ1v) is 4.49. The van der Waals surface area contributed by atoms with E-state index in [2.05, 4.69) is 4.98 Å². The van der Waals surface area contributed by atoms with Crippen molar-refractivity contribution in [2.75, 3.05) is 11.5 Å². The average molecular weight is 210 g/mol. The van der Waals surface area contributed by atoms with Crippen molar-refractivity contribution in [3.05, 3.63) is 18.0 Å². The maximum atomic E-state index is 10.3. The largest absolute Gasteiger partial charge is 0.481 e. The second kappa shape index (κ2) is 4.61. The Labute approximate surface area is 87.1 Å². The Morgan fingerprint density at radius 1 is 1.53 bits per heavy atom. The van der Waals surface area contributed by atoms with E-state index in [9.17, 15) is 4.79 Å². The summed E-state index contributed by atoms with van der Waals surface area (Å²) in [6.07, 6.45) is 1.75. The van der Waals surface area contributed by atoms with Gasteiger partial charge in [0.2, 0.25) is 0 Å². The molecule has 1 aromatic heterocycles. The molecule has 15 heavy (non-hydrogen) atoms. The molecule has 0 saturated heterocycles. The van der Waals surface area contributed by atoms with Gasteiger partial charge in [-0.15, -0.1) is 0 Å². The van der Waals surface area contributed by atoms with Gasteiger partial charge >= 0.3 is 5.97 Å². The maximum Gasteiger partial charge on any atom is 0.303 e. The molecule has 0 aliphatic carbocycles. The van der Waals surface area contributed by atoms with Crippen LogP contribution < -0.4 is 17.2 Å². The number of hydrogen-bond donors (Lipinski definition) is 4. The average Bonchev–Trinajstić information content (AvgIpc) is 2.14.